The van der Waals surface area contributed by atoms with Crippen molar-refractivity contribution in [2.24, 2.45) is 0 Å². The van der Waals surface area contributed by atoms with Crippen molar-refractivity contribution in [1.29, 1.82) is 0 Å². The summed E-state index contributed by atoms with van der Waals surface area (Å²) < 4.78 is 0. The molecule has 0 aliphatic heterocycles. The minimum Gasteiger partial charge on any atom is -0.398 e. The number of aryl methyl sites for hydroxylation is 1. The second-order valence-corrected chi connectivity index (χ2v) is 6.85. The first-order valence-corrected chi connectivity index (χ1v) is 7.18. The molecule has 0 atom stereocenters. The number of nitrogens with zero attached hydrogens (tertiary/aromatic N) is 1. The van der Waals surface area contributed by atoms with Gasteiger partial charge in [-0.1, -0.05) is 44.7 Å². The first-order chi connectivity index (χ1) is 8.86. The minimum absolute atomic E-state index is 0.190. The Hall–Kier alpha value is -1.48. The molecule has 0 unspecified atom stereocenters. The monoisotopic (exact) mass is 272 g/mol. The standard InChI is InChI=1S/C16H20N2S/c1-11-10-18-15(9-14(11)17)19-13-7-5-12(6-8-13)16(2,3)4/h5-10H,1-4H3,(H2,17,18). The van der Waals surface area contributed by atoms with Gasteiger partial charge in [-0.15, -0.1) is 0 Å². The van der Waals surface area contributed by atoms with Gasteiger partial charge < -0.3 is 5.73 Å². The highest BCUT2D eigenvalue weighted by molar-refractivity contribution is 7.99. The van der Waals surface area contributed by atoms with E-state index in [2.05, 4.69) is 50.0 Å². The summed E-state index contributed by atoms with van der Waals surface area (Å²) in [4.78, 5) is 5.57. The fourth-order valence-electron chi connectivity index (χ4n) is 1.72. The van der Waals surface area contributed by atoms with E-state index in [1.165, 1.54) is 10.5 Å². The Morgan fingerprint density at radius 1 is 1.11 bits per heavy atom. The van der Waals surface area contributed by atoms with E-state index in [4.69, 9.17) is 5.73 Å². The molecule has 2 nitrogen and oxygen atoms in total. The Kier molecular flexibility index (Phi) is 3.85. The van der Waals surface area contributed by atoms with Crippen LogP contribution in [0.5, 0.6) is 0 Å². The lowest BCUT2D eigenvalue weighted by molar-refractivity contribution is 0.590. The fraction of sp³-hybridized carbons (Fsp3) is 0.312. The Morgan fingerprint density at radius 3 is 2.26 bits per heavy atom. The summed E-state index contributed by atoms with van der Waals surface area (Å²) in [6.07, 6.45) is 1.82. The van der Waals surface area contributed by atoms with Crippen molar-refractivity contribution in [3.8, 4) is 0 Å². The maximum atomic E-state index is 5.90. The number of benzene rings is 1. The third-order valence-electron chi connectivity index (χ3n) is 3.06. The number of hydrogen-bond acceptors (Lipinski definition) is 3. The number of pyridine rings is 1. The van der Waals surface area contributed by atoms with Gasteiger partial charge in [0.15, 0.2) is 0 Å². The molecule has 0 saturated heterocycles. The average Bonchev–Trinajstić information content (AvgIpc) is 2.33. The van der Waals surface area contributed by atoms with Crippen LogP contribution in [0, 0.1) is 6.92 Å². The van der Waals surface area contributed by atoms with Crippen molar-refractivity contribution >= 4 is 17.4 Å². The van der Waals surface area contributed by atoms with E-state index in [1.807, 2.05) is 19.2 Å². The quantitative estimate of drug-likeness (QED) is 0.879. The third-order valence-corrected chi connectivity index (χ3v) is 4.00. The second kappa shape index (κ2) is 5.25. The van der Waals surface area contributed by atoms with E-state index in [0.717, 1.165) is 16.3 Å². The molecule has 0 spiro atoms. The Bertz CT molecular complexity index is 568. The summed E-state index contributed by atoms with van der Waals surface area (Å²) in [6.45, 7) is 8.63. The normalized spacial score (nSPS) is 11.6. The highest BCUT2D eigenvalue weighted by Gasteiger charge is 2.13. The molecule has 2 rings (SSSR count). The summed E-state index contributed by atoms with van der Waals surface area (Å²) in [6, 6.07) is 10.6. The molecule has 0 fully saturated rings. The second-order valence-electron chi connectivity index (χ2n) is 5.76. The first-order valence-electron chi connectivity index (χ1n) is 6.37. The summed E-state index contributed by atoms with van der Waals surface area (Å²) in [5.41, 5.74) is 9.25. The minimum atomic E-state index is 0.190. The number of rotatable bonds is 2. The highest BCUT2D eigenvalue weighted by Crippen LogP contribution is 2.30. The molecular weight excluding hydrogens is 252 g/mol. The summed E-state index contributed by atoms with van der Waals surface area (Å²) in [5.74, 6) is 0. The topological polar surface area (TPSA) is 38.9 Å². The predicted octanol–water partition coefficient (Wildman–Crippen LogP) is 4.42. The first kappa shape index (κ1) is 13.9. The van der Waals surface area contributed by atoms with Crippen LogP contribution < -0.4 is 5.73 Å². The zero-order valence-electron chi connectivity index (χ0n) is 11.9. The van der Waals surface area contributed by atoms with Crippen LogP contribution in [-0.2, 0) is 5.41 Å². The molecule has 100 valence electrons. The molecule has 0 radical (unpaired) electrons. The van der Waals surface area contributed by atoms with Crippen molar-refractivity contribution in [1.82, 2.24) is 4.98 Å². The Labute approximate surface area is 119 Å². The molecule has 3 heteroatoms. The molecule has 0 aliphatic rings. The largest absolute Gasteiger partial charge is 0.398 e. The molecule has 2 N–H and O–H groups in total. The van der Waals surface area contributed by atoms with E-state index in [1.54, 1.807) is 11.8 Å². The fourth-order valence-corrected chi connectivity index (χ4v) is 2.52. The van der Waals surface area contributed by atoms with Crippen molar-refractivity contribution in [2.45, 2.75) is 43.0 Å². The molecular formula is C16H20N2S. The number of nitrogens with two attached hydrogens (primary N) is 1. The number of aromatic nitrogens is 1. The van der Waals surface area contributed by atoms with Crippen LogP contribution in [0.15, 0.2) is 46.5 Å². The van der Waals surface area contributed by atoms with Crippen LogP contribution in [0.25, 0.3) is 0 Å². The van der Waals surface area contributed by atoms with E-state index in [0.29, 0.717) is 0 Å². The maximum Gasteiger partial charge on any atom is 0.103 e. The molecule has 1 aromatic carbocycles. The van der Waals surface area contributed by atoms with E-state index in [9.17, 15) is 0 Å². The molecule has 0 saturated carbocycles. The molecule has 0 amide bonds. The van der Waals surface area contributed by atoms with Crippen molar-refractivity contribution < 1.29 is 0 Å². The molecule has 19 heavy (non-hydrogen) atoms. The van der Waals surface area contributed by atoms with Gasteiger partial charge in [-0.05, 0) is 41.7 Å². The molecule has 0 bridgehead atoms. The van der Waals surface area contributed by atoms with Gasteiger partial charge in [0.05, 0.1) is 0 Å². The maximum absolute atomic E-state index is 5.90. The molecule has 0 aliphatic carbocycles. The van der Waals surface area contributed by atoms with Gasteiger partial charge in [-0.2, -0.15) is 0 Å². The van der Waals surface area contributed by atoms with Gasteiger partial charge in [0, 0.05) is 16.8 Å². The molecule has 1 heterocycles. The average molecular weight is 272 g/mol. The lowest BCUT2D eigenvalue weighted by atomic mass is 9.87. The zero-order valence-corrected chi connectivity index (χ0v) is 12.7. The summed E-state index contributed by atoms with van der Waals surface area (Å²) >= 11 is 1.64. The number of nitrogen functional groups attached to an aromatic ring is 1. The SMILES string of the molecule is Cc1cnc(Sc2ccc(C(C)(C)C)cc2)cc1N. The molecule has 2 aromatic rings. The van der Waals surface area contributed by atoms with Crippen molar-refractivity contribution in [2.75, 3.05) is 5.73 Å². The van der Waals surface area contributed by atoms with Crippen LogP contribution in [0.4, 0.5) is 5.69 Å². The predicted molar refractivity (Wildman–Crippen MR) is 82.7 cm³/mol. The van der Waals surface area contributed by atoms with Crippen LogP contribution in [0.2, 0.25) is 0 Å². The summed E-state index contributed by atoms with van der Waals surface area (Å²) in [5, 5.41) is 0.937. The van der Waals surface area contributed by atoms with Gasteiger partial charge in [-0.3, -0.25) is 0 Å². The van der Waals surface area contributed by atoms with Gasteiger partial charge in [0.25, 0.3) is 0 Å². The van der Waals surface area contributed by atoms with Gasteiger partial charge in [0.2, 0.25) is 0 Å². The van der Waals surface area contributed by atoms with Gasteiger partial charge >= 0.3 is 0 Å². The van der Waals surface area contributed by atoms with Crippen molar-refractivity contribution in [3.63, 3.8) is 0 Å². The lowest BCUT2D eigenvalue weighted by Gasteiger charge is -2.19. The Balaban J connectivity index is 2.17. The number of anilines is 1. The lowest BCUT2D eigenvalue weighted by Crippen LogP contribution is -2.10. The van der Waals surface area contributed by atoms with E-state index in [-0.39, 0.29) is 5.41 Å². The van der Waals surface area contributed by atoms with Crippen LogP contribution in [0.3, 0.4) is 0 Å². The van der Waals surface area contributed by atoms with Crippen LogP contribution in [-0.4, -0.2) is 4.98 Å². The van der Waals surface area contributed by atoms with Gasteiger partial charge in [0.1, 0.15) is 5.03 Å². The van der Waals surface area contributed by atoms with Crippen molar-refractivity contribution in [3.05, 3.63) is 47.7 Å². The van der Waals surface area contributed by atoms with Gasteiger partial charge in [-0.25, -0.2) is 4.98 Å². The smallest absolute Gasteiger partial charge is 0.103 e. The van der Waals surface area contributed by atoms with Crippen LogP contribution in [0.1, 0.15) is 31.9 Å². The third kappa shape index (κ3) is 3.51. The van der Waals surface area contributed by atoms with E-state index < -0.39 is 0 Å². The zero-order chi connectivity index (χ0) is 14.0. The highest BCUT2D eigenvalue weighted by atomic mass is 32.2. The van der Waals surface area contributed by atoms with Crippen LogP contribution >= 0.6 is 11.8 Å². The summed E-state index contributed by atoms with van der Waals surface area (Å²) in [7, 11) is 0. The molecule has 1 aromatic heterocycles. The number of hydrogen-bond donors (Lipinski definition) is 1. The van der Waals surface area contributed by atoms with E-state index >= 15 is 0 Å². The Morgan fingerprint density at radius 2 is 1.74 bits per heavy atom.